The molecule has 1 aromatic carbocycles. The summed E-state index contributed by atoms with van der Waals surface area (Å²) in [6.07, 6.45) is 0.851. The van der Waals surface area contributed by atoms with Crippen molar-refractivity contribution < 1.29 is 44.3 Å². The van der Waals surface area contributed by atoms with Gasteiger partial charge in [-0.15, -0.1) is 0 Å². The molecular formula is C15H14N2O9. The highest BCUT2D eigenvalue weighted by Crippen LogP contribution is 2.34. The van der Waals surface area contributed by atoms with Gasteiger partial charge in [0.25, 0.3) is 0 Å². The molecule has 0 atom stereocenters. The molecule has 0 radical (unpaired) electrons. The summed E-state index contributed by atoms with van der Waals surface area (Å²) in [6, 6.07) is 4.08. The lowest BCUT2D eigenvalue weighted by Crippen LogP contribution is -2.15. The molecule has 0 aliphatic heterocycles. The molecule has 0 bridgehead atoms. The maximum atomic E-state index is 11.1. The van der Waals surface area contributed by atoms with E-state index in [0.717, 1.165) is 0 Å². The fourth-order valence-corrected chi connectivity index (χ4v) is 1.79. The van der Waals surface area contributed by atoms with E-state index in [1.54, 1.807) is 0 Å². The van der Waals surface area contributed by atoms with Gasteiger partial charge in [-0.3, -0.25) is 0 Å². The van der Waals surface area contributed by atoms with E-state index in [1.807, 2.05) is 0 Å². The zero-order chi connectivity index (χ0) is 19.9. The van der Waals surface area contributed by atoms with Crippen molar-refractivity contribution in [1.82, 2.24) is 0 Å². The van der Waals surface area contributed by atoms with Gasteiger partial charge in [0.2, 0.25) is 0 Å². The number of carboxylic acids is 4. The van der Waals surface area contributed by atoms with Crippen LogP contribution in [-0.4, -0.2) is 51.4 Å². The number of methoxy groups -OCH3 is 1. The molecule has 0 heterocycles. The first kappa shape index (κ1) is 20.0. The van der Waals surface area contributed by atoms with Crippen molar-refractivity contribution in [2.24, 2.45) is 0 Å². The lowest BCUT2D eigenvalue weighted by molar-refractivity contribution is -0.135. The maximum Gasteiger partial charge on any atom is 0.352 e. The Labute approximate surface area is 145 Å². The molecule has 0 aliphatic rings. The lowest BCUT2D eigenvalue weighted by atomic mass is 10.2. The molecule has 11 heteroatoms. The molecule has 0 amide bonds. The van der Waals surface area contributed by atoms with Crippen LogP contribution < -0.4 is 15.4 Å². The summed E-state index contributed by atoms with van der Waals surface area (Å²) in [5.41, 5.74) is -1.33. The second-order valence-electron chi connectivity index (χ2n) is 4.54. The van der Waals surface area contributed by atoms with Crippen LogP contribution in [0.1, 0.15) is 0 Å². The molecule has 0 unspecified atom stereocenters. The maximum absolute atomic E-state index is 11.1. The first-order valence-electron chi connectivity index (χ1n) is 6.72. The first-order chi connectivity index (χ1) is 12.1. The summed E-state index contributed by atoms with van der Waals surface area (Å²) < 4.78 is 5.09. The van der Waals surface area contributed by atoms with E-state index >= 15 is 0 Å². The fourth-order valence-electron chi connectivity index (χ4n) is 1.79. The molecule has 0 saturated carbocycles. The van der Waals surface area contributed by atoms with Gasteiger partial charge in [0.15, 0.2) is 5.75 Å². The van der Waals surface area contributed by atoms with E-state index in [9.17, 15) is 19.2 Å². The molecule has 6 N–H and O–H groups in total. The molecule has 138 valence electrons. The fraction of sp³-hybridized carbons (Fsp3) is 0.0667. The molecule has 0 aromatic heterocycles. The van der Waals surface area contributed by atoms with Gasteiger partial charge >= 0.3 is 23.9 Å². The number of anilines is 2. The zero-order valence-corrected chi connectivity index (χ0v) is 13.2. The second-order valence-corrected chi connectivity index (χ2v) is 4.54. The Morgan fingerprint density at radius 3 is 1.50 bits per heavy atom. The Bertz CT molecular complexity index is 749. The topological polar surface area (TPSA) is 182 Å². The van der Waals surface area contributed by atoms with Crippen molar-refractivity contribution in [3.05, 3.63) is 41.7 Å². The molecule has 26 heavy (non-hydrogen) atoms. The minimum atomic E-state index is -1.55. The monoisotopic (exact) mass is 366 g/mol. The quantitative estimate of drug-likeness (QED) is 0.337. The van der Waals surface area contributed by atoms with Crippen LogP contribution in [0.2, 0.25) is 0 Å². The summed E-state index contributed by atoms with van der Waals surface area (Å²) in [5, 5.41) is 40.2. The van der Waals surface area contributed by atoms with Crippen LogP contribution in [0.5, 0.6) is 5.75 Å². The van der Waals surface area contributed by atoms with E-state index in [2.05, 4.69) is 10.6 Å². The highest BCUT2D eigenvalue weighted by Gasteiger charge is 2.17. The smallest absolute Gasteiger partial charge is 0.352 e. The zero-order valence-electron chi connectivity index (χ0n) is 13.2. The number of aliphatic carboxylic acids is 4. The largest absolute Gasteiger partial charge is 0.492 e. The minimum absolute atomic E-state index is 0.00691. The van der Waals surface area contributed by atoms with Crippen molar-refractivity contribution >= 4 is 35.3 Å². The van der Waals surface area contributed by atoms with Crippen LogP contribution in [0.4, 0.5) is 11.4 Å². The average molecular weight is 366 g/mol. The van der Waals surface area contributed by atoms with Gasteiger partial charge in [-0.05, 0) is 12.1 Å². The van der Waals surface area contributed by atoms with Crippen LogP contribution in [0.15, 0.2) is 41.7 Å². The van der Waals surface area contributed by atoms with E-state index in [0.29, 0.717) is 12.2 Å². The first-order valence-corrected chi connectivity index (χ1v) is 6.72. The van der Waals surface area contributed by atoms with Gasteiger partial charge in [-0.2, -0.15) is 0 Å². The summed E-state index contributed by atoms with van der Waals surface area (Å²) in [5.74, 6) is -6.17. The average Bonchev–Trinajstić information content (AvgIpc) is 2.52. The molecule has 0 saturated heterocycles. The molecule has 0 fully saturated rings. The van der Waals surface area contributed by atoms with E-state index in [4.69, 9.17) is 25.2 Å². The standard InChI is InChI=1S/C15H14N2O9/c1-26-13-7(16-9(14(22)23)5-11(18)19)3-2-4-8(13)17-10(15(24)25)6-12(20)21/h2-6,16-17H,1H3,(H,18,19)(H,20,21)(H,22,23)(H,24,25). The number of carboxylic acid groups (broad SMARTS) is 4. The van der Waals surface area contributed by atoms with Gasteiger partial charge in [0, 0.05) is 0 Å². The highest BCUT2D eigenvalue weighted by molar-refractivity contribution is 5.99. The predicted octanol–water partition coefficient (Wildman–Crippen LogP) is 0.625. The molecule has 0 spiro atoms. The van der Waals surface area contributed by atoms with Gasteiger partial charge in [0.05, 0.1) is 30.6 Å². The summed E-state index contributed by atoms with van der Waals surface area (Å²) in [7, 11) is 1.20. The van der Waals surface area contributed by atoms with Crippen molar-refractivity contribution in [2.45, 2.75) is 0 Å². The van der Waals surface area contributed by atoms with Crippen LogP contribution in [0.25, 0.3) is 0 Å². The van der Waals surface area contributed by atoms with Crippen LogP contribution in [0.3, 0.4) is 0 Å². The van der Waals surface area contributed by atoms with Gasteiger partial charge in [0.1, 0.15) is 11.4 Å². The number of hydrogen-bond acceptors (Lipinski definition) is 7. The van der Waals surface area contributed by atoms with Crippen molar-refractivity contribution in [2.75, 3.05) is 17.7 Å². The number of benzene rings is 1. The van der Waals surface area contributed by atoms with Crippen molar-refractivity contribution in [3.8, 4) is 5.75 Å². The Morgan fingerprint density at radius 2 is 1.23 bits per heavy atom. The Morgan fingerprint density at radius 1 is 0.846 bits per heavy atom. The molecule has 1 rings (SSSR count). The molecule has 1 aromatic rings. The molecule has 0 aliphatic carbocycles. The van der Waals surface area contributed by atoms with Gasteiger partial charge in [-0.25, -0.2) is 19.2 Å². The number of nitrogens with one attached hydrogen (secondary N) is 2. The summed E-state index contributed by atoms with van der Waals surface area (Å²) >= 11 is 0. The van der Waals surface area contributed by atoms with E-state index < -0.39 is 35.3 Å². The van der Waals surface area contributed by atoms with Gasteiger partial charge in [-0.1, -0.05) is 6.07 Å². The lowest BCUT2D eigenvalue weighted by Gasteiger charge is -2.16. The minimum Gasteiger partial charge on any atom is -0.492 e. The van der Waals surface area contributed by atoms with Crippen LogP contribution in [-0.2, 0) is 19.2 Å². The summed E-state index contributed by atoms with van der Waals surface area (Å²) in [6.45, 7) is 0. The van der Waals surface area contributed by atoms with Crippen LogP contribution >= 0.6 is 0 Å². The number of rotatable bonds is 9. The van der Waals surface area contributed by atoms with Crippen LogP contribution in [0, 0.1) is 0 Å². The predicted molar refractivity (Wildman–Crippen MR) is 86.9 cm³/mol. The Kier molecular flexibility index (Phi) is 6.72. The van der Waals surface area contributed by atoms with Crippen molar-refractivity contribution in [1.29, 1.82) is 0 Å². The van der Waals surface area contributed by atoms with Gasteiger partial charge < -0.3 is 35.8 Å². The number of carbonyl (C=O) groups is 4. The van der Waals surface area contributed by atoms with E-state index in [-0.39, 0.29) is 17.1 Å². The number of hydrogen-bond donors (Lipinski definition) is 6. The second kappa shape index (κ2) is 8.73. The third-order valence-electron chi connectivity index (χ3n) is 2.75. The molecule has 11 nitrogen and oxygen atoms in total. The Balaban J connectivity index is 3.33. The normalized spacial score (nSPS) is 11.4. The SMILES string of the molecule is COc1c(NC(=CC(=O)O)C(=O)O)cccc1NC(=CC(=O)O)C(=O)O. The summed E-state index contributed by atoms with van der Waals surface area (Å²) in [4.78, 5) is 43.6. The van der Waals surface area contributed by atoms with E-state index in [1.165, 1.54) is 25.3 Å². The highest BCUT2D eigenvalue weighted by atomic mass is 16.5. The number of ether oxygens (including phenoxy) is 1. The number of para-hydroxylation sites is 1. The molecular weight excluding hydrogens is 352 g/mol. The van der Waals surface area contributed by atoms with Crippen molar-refractivity contribution in [3.63, 3.8) is 0 Å². The third-order valence-corrected chi connectivity index (χ3v) is 2.75. The third kappa shape index (κ3) is 5.56. The Hall–Kier alpha value is -4.02.